The maximum atomic E-state index is 14.9. The van der Waals surface area contributed by atoms with Crippen molar-refractivity contribution in [1.29, 1.82) is 0 Å². The third-order valence-electron chi connectivity index (χ3n) is 7.85. The van der Waals surface area contributed by atoms with Crippen LogP contribution >= 0.6 is 0 Å². The first kappa shape index (κ1) is 30.2. The van der Waals surface area contributed by atoms with Gasteiger partial charge >= 0.3 is 11.9 Å². The molecule has 13 heteroatoms. The normalized spacial score (nSPS) is 15.2. The van der Waals surface area contributed by atoms with Gasteiger partial charge in [0.05, 0.1) is 24.3 Å². The van der Waals surface area contributed by atoms with E-state index in [0.29, 0.717) is 38.3 Å². The lowest BCUT2D eigenvalue weighted by molar-refractivity contribution is -0.138. The van der Waals surface area contributed by atoms with E-state index in [9.17, 15) is 27.2 Å². The summed E-state index contributed by atoms with van der Waals surface area (Å²) in [7, 11) is 1.84. The molecule has 0 aliphatic carbocycles. The zero-order chi connectivity index (χ0) is 30.9. The molecule has 228 valence electrons. The van der Waals surface area contributed by atoms with E-state index in [1.807, 2.05) is 24.2 Å². The van der Waals surface area contributed by atoms with Crippen molar-refractivity contribution in [2.24, 2.45) is 12.8 Å². The fourth-order valence-electron chi connectivity index (χ4n) is 5.55. The highest BCUT2D eigenvalue weighted by molar-refractivity contribution is 5.50. The van der Waals surface area contributed by atoms with Gasteiger partial charge in [-0.15, -0.1) is 0 Å². The average molecular weight is 600 g/mol. The predicted octanol–water partition coefficient (Wildman–Crippen LogP) is 3.28. The Morgan fingerprint density at radius 1 is 0.930 bits per heavy atom. The summed E-state index contributed by atoms with van der Waals surface area (Å²) < 4.78 is 60.2. The SMILES string of the molecule is Cc1c(N2CCN(Cc3ccn(C)n3)CC2)c(=O)n(C[C@@H](N)c2ccccc2)c(=O)n1Cc1c(F)cccc1C(F)(F)F. The van der Waals surface area contributed by atoms with Crippen LogP contribution in [0.25, 0.3) is 0 Å². The van der Waals surface area contributed by atoms with E-state index in [1.54, 1.807) is 35.0 Å². The number of halogens is 4. The van der Waals surface area contributed by atoms with Crippen molar-refractivity contribution in [3.8, 4) is 0 Å². The van der Waals surface area contributed by atoms with E-state index in [-0.39, 0.29) is 17.9 Å². The lowest BCUT2D eigenvalue weighted by Gasteiger charge is -2.36. The molecule has 9 nitrogen and oxygen atoms in total. The van der Waals surface area contributed by atoms with Gasteiger partial charge in [-0.3, -0.25) is 23.5 Å². The number of aryl methyl sites for hydroxylation is 1. The summed E-state index contributed by atoms with van der Waals surface area (Å²) in [6.07, 6.45) is -2.98. The first-order valence-corrected chi connectivity index (χ1v) is 13.9. The van der Waals surface area contributed by atoms with E-state index < -0.39 is 47.0 Å². The minimum Gasteiger partial charge on any atom is -0.363 e. The Hall–Kier alpha value is -4.23. The molecular weight excluding hydrogens is 566 g/mol. The Labute approximate surface area is 245 Å². The molecular formula is C30H33F4N7O2. The van der Waals surface area contributed by atoms with Crippen LogP contribution in [0, 0.1) is 12.7 Å². The monoisotopic (exact) mass is 599 g/mol. The van der Waals surface area contributed by atoms with Gasteiger partial charge in [0.15, 0.2) is 0 Å². The number of benzene rings is 2. The molecule has 1 aliphatic heterocycles. The van der Waals surface area contributed by atoms with E-state index in [2.05, 4.69) is 10.00 Å². The first-order valence-electron chi connectivity index (χ1n) is 13.9. The van der Waals surface area contributed by atoms with Crippen LogP contribution in [0.5, 0.6) is 0 Å². The lowest BCUT2D eigenvalue weighted by Crippen LogP contribution is -2.51. The van der Waals surface area contributed by atoms with Crippen LogP contribution in [0.3, 0.4) is 0 Å². The molecule has 0 radical (unpaired) electrons. The topological polar surface area (TPSA) is 94.3 Å². The van der Waals surface area contributed by atoms with Crippen molar-refractivity contribution in [2.45, 2.75) is 38.8 Å². The van der Waals surface area contributed by atoms with Gasteiger partial charge in [-0.25, -0.2) is 9.18 Å². The fourth-order valence-corrected chi connectivity index (χ4v) is 5.55. The molecule has 43 heavy (non-hydrogen) atoms. The van der Waals surface area contributed by atoms with Crippen molar-refractivity contribution in [2.75, 3.05) is 31.1 Å². The van der Waals surface area contributed by atoms with Crippen LogP contribution < -0.4 is 21.9 Å². The number of piperazine rings is 1. The number of rotatable bonds is 8. The van der Waals surface area contributed by atoms with Gasteiger partial charge in [0.1, 0.15) is 11.5 Å². The summed E-state index contributed by atoms with van der Waals surface area (Å²) >= 11 is 0. The van der Waals surface area contributed by atoms with Crippen LogP contribution in [0.4, 0.5) is 23.2 Å². The predicted molar refractivity (Wildman–Crippen MR) is 154 cm³/mol. The van der Waals surface area contributed by atoms with Gasteiger partial charge in [0.25, 0.3) is 5.56 Å². The number of anilines is 1. The van der Waals surface area contributed by atoms with E-state index in [1.165, 1.54) is 6.92 Å². The van der Waals surface area contributed by atoms with Crippen molar-refractivity contribution in [3.05, 3.63) is 116 Å². The molecule has 4 aromatic rings. The molecule has 1 saturated heterocycles. The second kappa shape index (κ2) is 12.2. The molecule has 1 atom stereocenters. The van der Waals surface area contributed by atoms with Crippen molar-refractivity contribution < 1.29 is 17.6 Å². The largest absolute Gasteiger partial charge is 0.416 e. The minimum absolute atomic E-state index is 0.161. The Kier molecular flexibility index (Phi) is 8.56. The minimum atomic E-state index is -4.84. The van der Waals surface area contributed by atoms with Gasteiger partial charge in [-0.05, 0) is 30.7 Å². The summed E-state index contributed by atoms with van der Waals surface area (Å²) in [5.74, 6) is -1.09. The highest BCUT2D eigenvalue weighted by Crippen LogP contribution is 2.33. The second-order valence-electron chi connectivity index (χ2n) is 10.7. The first-order chi connectivity index (χ1) is 20.4. The molecule has 5 rings (SSSR count). The van der Waals surface area contributed by atoms with Crippen LogP contribution in [0.15, 0.2) is 70.4 Å². The number of nitrogens with zero attached hydrogens (tertiary/aromatic N) is 6. The molecule has 1 fully saturated rings. The molecule has 0 unspecified atom stereocenters. The Morgan fingerprint density at radius 3 is 2.26 bits per heavy atom. The third-order valence-corrected chi connectivity index (χ3v) is 7.85. The van der Waals surface area contributed by atoms with Crippen molar-refractivity contribution in [1.82, 2.24) is 23.8 Å². The fraction of sp³-hybridized carbons (Fsp3) is 0.367. The van der Waals surface area contributed by atoms with Crippen LogP contribution in [-0.4, -0.2) is 50.0 Å². The molecule has 2 aromatic heterocycles. The molecule has 0 saturated carbocycles. The van der Waals surface area contributed by atoms with Gasteiger partial charge in [0.2, 0.25) is 0 Å². The number of alkyl halides is 3. The van der Waals surface area contributed by atoms with Gasteiger partial charge in [0, 0.05) is 63.3 Å². The summed E-state index contributed by atoms with van der Waals surface area (Å²) in [5.41, 5.74) is 5.01. The highest BCUT2D eigenvalue weighted by Gasteiger charge is 2.35. The smallest absolute Gasteiger partial charge is 0.363 e. The van der Waals surface area contributed by atoms with Crippen LogP contribution in [0.2, 0.25) is 0 Å². The van der Waals surface area contributed by atoms with Gasteiger partial charge in [-0.2, -0.15) is 18.3 Å². The molecule has 0 spiro atoms. The quantitative estimate of drug-likeness (QED) is 0.313. The third kappa shape index (κ3) is 6.42. The molecule has 1 aliphatic rings. The Bertz CT molecular complexity index is 1700. The second-order valence-corrected chi connectivity index (χ2v) is 10.7. The maximum Gasteiger partial charge on any atom is 0.416 e. The Morgan fingerprint density at radius 2 is 1.63 bits per heavy atom. The highest BCUT2D eigenvalue weighted by atomic mass is 19.4. The molecule has 2 aromatic carbocycles. The van der Waals surface area contributed by atoms with Crippen molar-refractivity contribution in [3.63, 3.8) is 0 Å². The summed E-state index contributed by atoms with van der Waals surface area (Å²) in [5, 5.41) is 4.41. The van der Waals surface area contributed by atoms with Gasteiger partial charge in [-0.1, -0.05) is 36.4 Å². The zero-order valence-electron chi connectivity index (χ0n) is 23.9. The summed E-state index contributed by atoms with van der Waals surface area (Å²) in [6.45, 7) is 3.24. The molecule has 2 N–H and O–H groups in total. The molecule has 0 amide bonds. The molecule has 0 bridgehead atoms. The van der Waals surface area contributed by atoms with E-state index >= 15 is 0 Å². The number of hydrogen-bond acceptors (Lipinski definition) is 6. The maximum absolute atomic E-state index is 14.9. The summed E-state index contributed by atoms with van der Waals surface area (Å²) in [4.78, 5) is 31.7. The van der Waals surface area contributed by atoms with E-state index in [4.69, 9.17) is 5.73 Å². The number of aromatic nitrogens is 4. The van der Waals surface area contributed by atoms with E-state index in [0.717, 1.165) is 33.0 Å². The lowest BCUT2D eigenvalue weighted by atomic mass is 10.1. The van der Waals surface area contributed by atoms with Gasteiger partial charge < -0.3 is 10.6 Å². The Balaban J connectivity index is 1.55. The zero-order valence-corrected chi connectivity index (χ0v) is 23.9. The number of nitrogens with two attached hydrogens (primary N) is 1. The molecule has 3 heterocycles. The average Bonchev–Trinajstić information content (AvgIpc) is 3.39. The standard InChI is InChI=1S/C30H33F4N7O2/c1-20-27(39-15-13-38(14-16-39)17-22-11-12-37(2)36-22)28(42)41(19-26(35)21-7-4-3-5-8-21)29(43)40(20)18-23-24(30(32,33)34)9-6-10-25(23)31/h3-12,26H,13-19,35H2,1-2H3/t26-/m1/s1. The number of hydrogen-bond donors (Lipinski definition) is 1. The van der Waals surface area contributed by atoms with Crippen LogP contribution in [0.1, 0.15) is 34.1 Å². The van der Waals surface area contributed by atoms with Crippen molar-refractivity contribution >= 4 is 5.69 Å². The summed E-state index contributed by atoms with van der Waals surface area (Å²) in [6, 6.07) is 12.8. The van der Waals surface area contributed by atoms with Crippen LogP contribution in [-0.2, 0) is 32.9 Å².